The van der Waals surface area contributed by atoms with E-state index in [1.54, 1.807) is 51.0 Å². The number of pyridine rings is 1. The summed E-state index contributed by atoms with van der Waals surface area (Å²) in [5.41, 5.74) is 3.11. The SMILES string of the molecule is COc1ccc(C(OC[C@H]2OC(n3cnc4c(NC(=O)c5ccccc5)nccc43)[C@H](O[Si](C)(C)C(C)(C)C)[C@@H]2O)(c2ccccc2)c2ccc(OC)cc2)cc1. The summed E-state index contributed by atoms with van der Waals surface area (Å²) in [6, 6.07) is 36.4. The molecular weight excluding hydrogens is 737 g/mol. The van der Waals surface area contributed by atoms with Crippen molar-refractivity contribution in [3.8, 4) is 11.5 Å². The second-order valence-corrected chi connectivity index (χ2v) is 20.5. The van der Waals surface area contributed by atoms with Gasteiger partial charge in [-0.2, -0.15) is 0 Å². The first-order valence-electron chi connectivity index (χ1n) is 19.0. The van der Waals surface area contributed by atoms with Gasteiger partial charge in [-0.1, -0.05) is 93.6 Å². The summed E-state index contributed by atoms with van der Waals surface area (Å²) < 4.78 is 34.0. The molecule has 0 radical (unpaired) electrons. The Morgan fingerprint density at radius 3 is 1.93 bits per heavy atom. The predicted octanol–water partition coefficient (Wildman–Crippen LogP) is 8.36. The van der Waals surface area contributed by atoms with Crippen LogP contribution in [0.4, 0.5) is 5.82 Å². The van der Waals surface area contributed by atoms with E-state index in [-0.39, 0.29) is 17.6 Å². The first-order valence-corrected chi connectivity index (χ1v) is 21.9. The lowest BCUT2D eigenvalue weighted by molar-refractivity contribution is -0.0939. The fourth-order valence-electron chi connectivity index (χ4n) is 7.03. The highest BCUT2D eigenvalue weighted by Gasteiger charge is 2.52. The maximum atomic E-state index is 13.1. The number of aliphatic hydroxyl groups is 1. The third-order valence-electron chi connectivity index (χ3n) is 11.2. The molecule has 12 heteroatoms. The molecule has 1 unspecified atom stereocenters. The highest BCUT2D eigenvalue weighted by molar-refractivity contribution is 6.74. The van der Waals surface area contributed by atoms with Crippen LogP contribution < -0.4 is 14.8 Å². The zero-order valence-corrected chi connectivity index (χ0v) is 34.4. The number of amides is 1. The topological polar surface area (TPSA) is 126 Å². The lowest BCUT2D eigenvalue weighted by Gasteiger charge is -2.40. The Kier molecular flexibility index (Phi) is 11.4. The fourth-order valence-corrected chi connectivity index (χ4v) is 8.32. The van der Waals surface area contributed by atoms with Crippen molar-refractivity contribution in [3.63, 3.8) is 0 Å². The van der Waals surface area contributed by atoms with Gasteiger partial charge in [-0.3, -0.25) is 4.79 Å². The van der Waals surface area contributed by atoms with E-state index in [2.05, 4.69) is 44.2 Å². The Bertz CT molecular complexity index is 2230. The Morgan fingerprint density at radius 2 is 1.37 bits per heavy atom. The number of rotatable bonds is 13. The van der Waals surface area contributed by atoms with Crippen molar-refractivity contribution >= 4 is 31.1 Å². The molecule has 2 aromatic heterocycles. The molecule has 2 N–H and O–H groups in total. The standard InChI is InChI=1S/C45H50N4O7Si/c1-44(2,3)57(6,7)56-40-39(50)37(55-43(40)49-29-47-38-36(49)26-27-46-41(38)48-42(51)30-14-10-8-11-15-30)28-54-45(31-16-12-9-13-17-31,32-18-22-34(52-4)23-19-32)33-20-24-35(53-5)25-21-33/h8-27,29,37,39-40,43,50H,28H2,1-7H3,(H,46,48,51)/t37-,39-,40-,43?/m1/s1. The number of carbonyl (C=O) groups is 1. The second kappa shape index (κ2) is 16.2. The van der Waals surface area contributed by atoms with E-state index >= 15 is 0 Å². The van der Waals surface area contributed by atoms with Gasteiger partial charge in [0.1, 0.15) is 40.9 Å². The van der Waals surface area contributed by atoms with Gasteiger partial charge in [-0.05, 0) is 77.3 Å². The third-order valence-corrected chi connectivity index (χ3v) is 15.7. The smallest absolute Gasteiger partial charge is 0.256 e. The molecular formula is C45H50N4O7Si. The molecule has 7 rings (SSSR count). The van der Waals surface area contributed by atoms with Gasteiger partial charge in [0.25, 0.3) is 5.91 Å². The van der Waals surface area contributed by atoms with Crippen molar-refractivity contribution in [2.75, 3.05) is 26.1 Å². The fraction of sp³-hybridized carbons (Fsp3) is 0.311. The Hall–Kier alpha value is -5.37. The normalized spacial score (nSPS) is 18.7. The number of imidazole rings is 1. The molecule has 0 bridgehead atoms. The van der Waals surface area contributed by atoms with E-state index in [1.165, 1.54) is 0 Å². The lowest BCUT2D eigenvalue weighted by Crippen LogP contribution is -2.49. The maximum absolute atomic E-state index is 13.1. The molecule has 1 fully saturated rings. The first-order chi connectivity index (χ1) is 27.4. The van der Waals surface area contributed by atoms with E-state index < -0.39 is 38.5 Å². The number of ether oxygens (including phenoxy) is 4. The number of nitrogens with one attached hydrogen (secondary N) is 1. The zero-order chi connectivity index (χ0) is 40.4. The maximum Gasteiger partial charge on any atom is 0.256 e. The van der Waals surface area contributed by atoms with Crippen LogP contribution in [-0.4, -0.2) is 73.0 Å². The Balaban J connectivity index is 1.28. The van der Waals surface area contributed by atoms with Crippen molar-refractivity contribution in [1.29, 1.82) is 0 Å². The van der Waals surface area contributed by atoms with Crippen molar-refractivity contribution in [2.45, 2.75) is 69.0 Å². The Labute approximate surface area is 334 Å². The molecule has 4 aromatic carbocycles. The number of carbonyl (C=O) groups excluding carboxylic acids is 1. The number of fused-ring (bicyclic) bond motifs is 1. The van der Waals surface area contributed by atoms with E-state index in [1.807, 2.05) is 95.6 Å². The molecule has 296 valence electrons. The van der Waals surface area contributed by atoms with Gasteiger partial charge in [0, 0.05) is 11.8 Å². The Morgan fingerprint density at radius 1 is 0.807 bits per heavy atom. The summed E-state index contributed by atoms with van der Waals surface area (Å²) >= 11 is 0. The monoisotopic (exact) mass is 786 g/mol. The molecule has 57 heavy (non-hydrogen) atoms. The van der Waals surface area contributed by atoms with Crippen LogP contribution in [0.3, 0.4) is 0 Å². The van der Waals surface area contributed by atoms with E-state index in [4.69, 9.17) is 28.4 Å². The number of benzene rings is 4. The average Bonchev–Trinajstić information content (AvgIpc) is 3.79. The molecule has 6 aromatic rings. The minimum atomic E-state index is -2.48. The largest absolute Gasteiger partial charge is 0.497 e. The van der Waals surface area contributed by atoms with Crippen LogP contribution >= 0.6 is 0 Å². The van der Waals surface area contributed by atoms with Crippen molar-refractivity contribution < 1.29 is 33.3 Å². The summed E-state index contributed by atoms with van der Waals surface area (Å²) in [6.45, 7) is 10.8. The van der Waals surface area contributed by atoms with Gasteiger partial charge in [-0.15, -0.1) is 0 Å². The van der Waals surface area contributed by atoms with Crippen LogP contribution in [0.1, 0.15) is 54.0 Å². The van der Waals surface area contributed by atoms with Gasteiger partial charge in [0.05, 0.1) is 32.7 Å². The molecule has 11 nitrogen and oxygen atoms in total. The molecule has 0 aliphatic carbocycles. The molecule has 3 heterocycles. The van der Waals surface area contributed by atoms with Crippen molar-refractivity contribution in [1.82, 2.24) is 14.5 Å². The average molecular weight is 787 g/mol. The highest BCUT2D eigenvalue weighted by atomic mass is 28.4. The molecule has 1 amide bonds. The van der Waals surface area contributed by atoms with Gasteiger partial charge < -0.3 is 38.4 Å². The van der Waals surface area contributed by atoms with Crippen LogP contribution in [0.25, 0.3) is 11.0 Å². The molecule has 1 aliphatic rings. The second-order valence-electron chi connectivity index (χ2n) is 15.7. The summed E-state index contributed by atoms with van der Waals surface area (Å²) in [4.78, 5) is 22.3. The number of aliphatic hydroxyl groups excluding tert-OH is 1. The van der Waals surface area contributed by atoms with Crippen molar-refractivity contribution in [2.24, 2.45) is 0 Å². The molecule has 1 aliphatic heterocycles. The van der Waals surface area contributed by atoms with Crippen LogP contribution in [-0.2, 0) is 19.5 Å². The van der Waals surface area contributed by atoms with Crippen LogP contribution in [0, 0.1) is 0 Å². The van der Waals surface area contributed by atoms with Crippen LogP contribution in [0.2, 0.25) is 18.1 Å². The first kappa shape index (κ1) is 39.8. The number of hydrogen-bond donors (Lipinski definition) is 2. The van der Waals surface area contributed by atoms with Crippen molar-refractivity contribution in [3.05, 3.63) is 150 Å². The molecule has 0 spiro atoms. The number of anilines is 1. The summed E-state index contributed by atoms with van der Waals surface area (Å²) in [5, 5.41) is 15.1. The molecule has 0 saturated carbocycles. The molecule has 4 atom stereocenters. The number of methoxy groups -OCH3 is 2. The van der Waals surface area contributed by atoms with Gasteiger partial charge in [0.15, 0.2) is 20.4 Å². The van der Waals surface area contributed by atoms with Gasteiger partial charge in [0.2, 0.25) is 0 Å². The minimum Gasteiger partial charge on any atom is -0.497 e. The molecule has 1 saturated heterocycles. The van der Waals surface area contributed by atoms with E-state index in [0.29, 0.717) is 33.9 Å². The van der Waals surface area contributed by atoms with Gasteiger partial charge in [-0.25, -0.2) is 9.97 Å². The number of hydrogen-bond acceptors (Lipinski definition) is 9. The number of aromatic nitrogens is 3. The zero-order valence-electron chi connectivity index (χ0n) is 33.4. The highest BCUT2D eigenvalue weighted by Crippen LogP contribution is 2.45. The minimum absolute atomic E-state index is 0.00541. The quantitative estimate of drug-likeness (QED) is 0.0878. The third kappa shape index (κ3) is 7.83. The van der Waals surface area contributed by atoms with E-state index in [0.717, 1.165) is 16.7 Å². The van der Waals surface area contributed by atoms with E-state index in [9.17, 15) is 9.90 Å². The van der Waals surface area contributed by atoms with Crippen LogP contribution in [0.15, 0.2) is 128 Å². The van der Waals surface area contributed by atoms with Crippen LogP contribution in [0.5, 0.6) is 11.5 Å². The lowest BCUT2D eigenvalue weighted by atomic mass is 9.80. The summed E-state index contributed by atoms with van der Waals surface area (Å²) in [7, 11) is 0.798. The predicted molar refractivity (Wildman–Crippen MR) is 222 cm³/mol. The summed E-state index contributed by atoms with van der Waals surface area (Å²) in [6.07, 6.45) is -0.201. The summed E-state index contributed by atoms with van der Waals surface area (Å²) in [5.74, 6) is 1.43. The van der Waals surface area contributed by atoms with Gasteiger partial charge >= 0.3 is 0 Å². The number of nitrogens with zero attached hydrogens (tertiary/aromatic N) is 3.